The number of rotatable bonds is 2. The Morgan fingerprint density at radius 2 is 2.17 bits per heavy atom. The smallest absolute Gasteiger partial charge is 0.254 e. The Kier molecular flexibility index (Phi) is 3.44. The molecular weight excluding hydrogens is 294 g/mol. The molecule has 0 unspecified atom stereocenters. The predicted octanol–water partition coefficient (Wildman–Crippen LogP) is 2.40. The average molecular weight is 313 g/mol. The molecule has 6 nitrogen and oxygen atoms in total. The maximum absolute atomic E-state index is 12.8. The summed E-state index contributed by atoms with van der Waals surface area (Å²) in [5.41, 5.74) is 0.650. The molecule has 1 fully saturated rings. The highest BCUT2D eigenvalue weighted by Crippen LogP contribution is 2.33. The van der Waals surface area contributed by atoms with Crippen LogP contribution in [-0.4, -0.2) is 40.2 Å². The summed E-state index contributed by atoms with van der Waals surface area (Å²) in [7, 11) is 0. The molecule has 0 N–H and O–H groups in total. The summed E-state index contributed by atoms with van der Waals surface area (Å²) in [6.45, 7) is 3.72. The standard InChI is InChI=1S/C17H19N3O3/c1-12-18-6-8-20(12)14-3-2-7-19(10-14)17(21)13-4-5-15-16(9-13)23-11-22-15/h4-6,8-9,14H,2-3,7,10-11H2,1H3/t14-/m0/s1. The monoisotopic (exact) mass is 313 g/mol. The zero-order valence-corrected chi connectivity index (χ0v) is 13.1. The van der Waals surface area contributed by atoms with E-state index in [1.807, 2.05) is 30.3 Å². The Morgan fingerprint density at radius 1 is 1.30 bits per heavy atom. The molecule has 4 rings (SSSR count). The van der Waals surface area contributed by atoms with E-state index >= 15 is 0 Å². The molecule has 120 valence electrons. The average Bonchev–Trinajstić information content (AvgIpc) is 3.22. The molecule has 0 aliphatic carbocycles. The minimum absolute atomic E-state index is 0.0470. The van der Waals surface area contributed by atoms with Gasteiger partial charge < -0.3 is 18.9 Å². The zero-order chi connectivity index (χ0) is 15.8. The number of carbonyl (C=O) groups excluding carboxylic acids is 1. The van der Waals surface area contributed by atoms with Gasteiger partial charge in [-0.15, -0.1) is 0 Å². The number of aryl methyl sites for hydroxylation is 1. The third-order valence-electron chi connectivity index (χ3n) is 4.56. The molecule has 1 atom stereocenters. The number of nitrogens with zero attached hydrogens (tertiary/aromatic N) is 3. The van der Waals surface area contributed by atoms with Gasteiger partial charge in [0.1, 0.15) is 5.82 Å². The van der Waals surface area contributed by atoms with Crippen LogP contribution in [0.5, 0.6) is 11.5 Å². The van der Waals surface area contributed by atoms with Crippen LogP contribution in [0, 0.1) is 6.92 Å². The van der Waals surface area contributed by atoms with Crippen LogP contribution < -0.4 is 9.47 Å². The van der Waals surface area contributed by atoms with Crippen molar-refractivity contribution in [3.8, 4) is 11.5 Å². The molecule has 1 aromatic heterocycles. The molecule has 0 saturated carbocycles. The first kappa shape index (κ1) is 14.1. The lowest BCUT2D eigenvalue weighted by Crippen LogP contribution is -2.40. The Morgan fingerprint density at radius 3 is 3.00 bits per heavy atom. The third kappa shape index (κ3) is 2.54. The molecule has 0 bridgehead atoms. The lowest BCUT2D eigenvalue weighted by Gasteiger charge is -2.34. The number of likely N-dealkylation sites (tertiary alicyclic amines) is 1. The zero-order valence-electron chi connectivity index (χ0n) is 13.1. The predicted molar refractivity (Wildman–Crippen MR) is 83.7 cm³/mol. The van der Waals surface area contributed by atoms with E-state index < -0.39 is 0 Å². The van der Waals surface area contributed by atoms with Gasteiger partial charge >= 0.3 is 0 Å². The van der Waals surface area contributed by atoms with Crippen LogP contribution in [0.4, 0.5) is 0 Å². The summed E-state index contributed by atoms with van der Waals surface area (Å²) in [6.07, 6.45) is 5.88. The molecule has 2 aliphatic heterocycles. The van der Waals surface area contributed by atoms with Crippen LogP contribution in [0.2, 0.25) is 0 Å². The van der Waals surface area contributed by atoms with Crippen molar-refractivity contribution in [3.63, 3.8) is 0 Å². The molecule has 0 radical (unpaired) electrons. The largest absolute Gasteiger partial charge is 0.454 e. The number of ether oxygens (including phenoxy) is 2. The van der Waals surface area contributed by atoms with Gasteiger partial charge in [0.15, 0.2) is 11.5 Å². The third-order valence-corrected chi connectivity index (χ3v) is 4.56. The van der Waals surface area contributed by atoms with Gasteiger partial charge in [0.2, 0.25) is 6.79 Å². The second kappa shape index (κ2) is 5.61. The van der Waals surface area contributed by atoms with Gasteiger partial charge in [0, 0.05) is 31.0 Å². The van der Waals surface area contributed by atoms with E-state index in [9.17, 15) is 4.79 Å². The van der Waals surface area contributed by atoms with E-state index in [0.29, 0.717) is 29.6 Å². The number of carbonyl (C=O) groups is 1. The number of hydrogen-bond donors (Lipinski definition) is 0. The van der Waals surface area contributed by atoms with E-state index in [1.165, 1.54) is 0 Å². The van der Waals surface area contributed by atoms with E-state index in [1.54, 1.807) is 12.1 Å². The van der Waals surface area contributed by atoms with Crippen molar-refractivity contribution in [3.05, 3.63) is 42.0 Å². The van der Waals surface area contributed by atoms with Crippen molar-refractivity contribution in [2.24, 2.45) is 0 Å². The fourth-order valence-electron chi connectivity index (χ4n) is 3.35. The molecule has 6 heteroatoms. The molecule has 1 amide bonds. The molecular formula is C17H19N3O3. The Bertz CT molecular complexity index is 740. The van der Waals surface area contributed by atoms with Gasteiger partial charge in [-0.3, -0.25) is 4.79 Å². The van der Waals surface area contributed by atoms with Crippen molar-refractivity contribution in [2.45, 2.75) is 25.8 Å². The highest BCUT2D eigenvalue weighted by atomic mass is 16.7. The maximum atomic E-state index is 12.8. The number of piperidine rings is 1. The lowest BCUT2D eigenvalue weighted by molar-refractivity contribution is 0.0678. The van der Waals surface area contributed by atoms with Gasteiger partial charge in [-0.2, -0.15) is 0 Å². The SMILES string of the molecule is Cc1nccn1[C@H]1CCCN(C(=O)c2ccc3c(c2)OCO3)C1. The van der Waals surface area contributed by atoms with E-state index in [2.05, 4.69) is 9.55 Å². The van der Waals surface area contributed by atoms with Crippen LogP contribution in [0.15, 0.2) is 30.6 Å². The van der Waals surface area contributed by atoms with Crippen molar-refractivity contribution in [2.75, 3.05) is 19.9 Å². The second-order valence-corrected chi connectivity index (χ2v) is 6.00. The van der Waals surface area contributed by atoms with Gasteiger partial charge in [0.25, 0.3) is 5.91 Å². The first-order chi connectivity index (χ1) is 11.2. The van der Waals surface area contributed by atoms with Gasteiger partial charge in [-0.05, 0) is 38.0 Å². The number of aromatic nitrogens is 2. The summed E-state index contributed by atoms with van der Waals surface area (Å²) < 4.78 is 12.8. The maximum Gasteiger partial charge on any atom is 0.254 e. The van der Waals surface area contributed by atoms with Crippen LogP contribution in [-0.2, 0) is 0 Å². The fraction of sp³-hybridized carbons (Fsp3) is 0.412. The minimum atomic E-state index is 0.0470. The van der Waals surface area contributed by atoms with Gasteiger partial charge in [-0.1, -0.05) is 0 Å². The summed E-state index contributed by atoms with van der Waals surface area (Å²) in [5, 5.41) is 0. The van der Waals surface area contributed by atoms with E-state index in [0.717, 1.165) is 25.2 Å². The molecule has 3 heterocycles. The highest BCUT2D eigenvalue weighted by Gasteiger charge is 2.27. The first-order valence-electron chi connectivity index (χ1n) is 7.91. The summed E-state index contributed by atoms with van der Waals surface area (Å²) in [4.78, 5) is 19.0. The molecule has 1 aromatic carbocycles. The van der Waals surface area contributed by atoms with Crippen LogP contribution in [0.25, 0.3) is 0 Å². The summed E-state index contributed by atoms with van der Waals surface area (Å²) in [6, 6.07) is 5.68. The lowest BCUT2D eigenvalue weighted by atomic mass is 10.0. The van der Waals surface area contributed by atoms with Gasteiger partial charge in [0.05, 0.1) is 6.04 Å². The number of benzene rings is 1. The van der Waals surface area contributed by atoms with E-state index in [-0.39, 0.29) is 12.7 Å². The molecule has 23 heavy (non-hydrogen) atoms. The van der Waals surface area contributed by atoms with Crippen molar-refractivity contribution >= 4 is 5.91 Å². The first-order valence-corrected chi connectivity index (χ1v) is 7.91. The van der Waals surface area contributed by atoms with Crippen molar-refractivity contribution < 1.29 is 14.3 Å². The number of amides is 1. The summed E-state index contributed by atoms with van der Waals surface area (Å²) >= 11 is 0. The van der Waals surface area contributed by atoms with Crippen LogP contribution in [0.1, 0.15) is 35.1 Å². The Balaban J connectivity index is 1.53. The topological polar surface area (TPSA) is 56.6 Å². The summed E-state index contributed by atoms with van der Waals surface area (Å²) in [5.74, 6) is 2.39. The normalized spacial score (nSPS) is 19.9. The van der Waals surface area contributed by atoms with Crippen LogP contribution in [0.3, 0.4) is 0 Å². The van der Waals surface area contributed by atoms with Crippen LogP contribution >= 0.6 is 0 Å². The number of imidazole rings is 1. The molecule has 2 aliphatic rings. The Hall–Kier alpha value is -2.50. The highest BCUT2D eigenvalue weighted by molar-refractivity contribution is 5.95. The molecule has 2 aromatic rings. The number of hydrogen-bond acceptors (Lipinski definition) is 4. The minimum Gasteiger partial charge on any atom is -0.454 e. The second-order valence-electron chi connectivity index (χ2n) is 6.00. The van der Waals surface area contributed by atoms with E-state index in [4.69, 9.17) is 9.47 Å². The molecule has 1 saturated heterocycles. The Labute approximate surface area is 134 Å². The number of fused-ring (bicyclic) bond motifs is 1. The molecule has 0 spiro atoms. The fourth-order valence-corrected chi connectivity index (χ4v) is 3.35. The quantitative estimate of drug-likeness (QED) is 0.854. The van der Waals surface area contributed by atoms with Gasteiger partial charge in [-0.25, -0.2) is 4.98 Å². The van der Waals surface area contributed by atoms with Crippen molar-refractivity contribution in [1.82, 2.24) is 14.5 Å². The van der Waals surface area contributed by atoms with Crippen molar-refractivity contribution in [1.29, 1.82) is 0 Å².